The fourth-order valence-electron chi connectivity index (χ4n) is 0.784. The molecule has 0 spiro atoms. The number of halogens is 4. The van der Waals surface area contributed by atoms with E-state index in [2.05, 4.69) is 31.2 Å². The minimum absolute atomic E-state index is 0.173. The predicted molar refractivity (Wildman–Crippen MR) is 49.3 cm³/mol. The van der Waals surface area contributed by atoms with E-state index in [9.17, 15) is 13.2 Å². The Bertz CT molecular complexity index is 302. The third kappa shape index (κ3) is 3.13. The Morgan fingerprint density at radius 1 is 1.36 bits per heavy atom. The summed E-state index contributed by atoms with van der Waals surface area (Å²) in [6, 6.07) is 0.878. The number of nitrogens with one attached hydrogen (secondary N) is 1. The van der Waals surface area contributed by atoms with Gasteiger partial charge in [-0.25, -0.2) is 9.97 Å². The average Bonchev–Trinajstić information content (AvgIpc) is 2.14. The van der Waals surface area contributed by atoms with Crippen LogP contribution in [0.1, 0.15) is 5.69 Å². The van der Waals surface area contributed by atoms with Gasteiger partial charge < -0.3 is 5.32 Å². The Hall–Kier alpha value is -0.850. The summed E-state index contributed by atoms with van der Waals surface area (Å²) in [6.45, 7) is 0.508. The molecule has 0 saturated heterocycles. The summed E-state index contributed by atoms with van der Waals surface area (Å²) in [4.78, 5) is 6.78. The van der Waals surface area contributed by atoms with Crippen molar-refractivity contribution in [3.8, 4) is 0 Å². The average molecular weight is 270 g/mol. The first-order chi connectivity index (χ1) is 6.54. The van der Waals surface area contributed by atoms with E-state index >= 15 is 0 Å². The highest BCUT2D eigenvalue weighted by molar-refractivity contribution is 9.09. The molecule has 0 radical (unpaired) electrons. The maximum absolute atomic E-state index is 12.2. The zero-order valence-electron chi connectivity index (χ0n) is 6.98. The first-order valence-corrected chi connectivity index (χ1v) is 4.85. The number of alkyl halides is 4. The lowest BCUT2D eigenvalue weighted by Gasteiger charge is -2.07. The summed E-state index contributed by atoms with van der Waals surface area (Å²) in [5.41, 5.74) is -0.940. The highest BCUT2D eigenvalue weighted by atomic mass is 79.9. The van der Waals surface area contributed by atoms with Gasteiger partial charge in [-0.2, -0.15) is 13.2 Å². The van der Waals surface area contributed by atoms with Crippen molar-refractivity contribution in [1.29, 1.82) is 0 Å². The summed E-state index contributed by atoms with van der Waals surface area (Å²) in [5, 5.41) is 3.35. The molecule has 1 aromatic rings. The molecule has 1 heterocycles. The molecule has 0 saturated carbocycles. The van der Waals surface area contributed by atoms with Crippen LogP contribution < -0.4 is 5.32 Å². The van der Waals surface area contributed by atoms with Gasteiger partial charge >= 0.3 is 6.18 Å². The molecule has 0 fully saturated rings. The van der Waals surface area contributed by atoms with E-state index < -0.39 is 11.9 Å². The van der Waals surface area contributed by atoms with E-state index in [1.807, 2.05) is 0 Å². The molecule has 0 atom stereocenters. The van der Waals surface area contributed by atoms with Crippen molar-refractivity contribution in [1.82, 2.24) is 9.97 Å². The molecular weight excluding hydrogens is 263 g/mol. The zero-order chi connectivity index (χ0) is 10.6. The maximum Gasteiger partial charge on any atom is 0.433 e. The van der Waals surface area contributed by atoms with Crippen molar-refractivity contribution in [3.05, 3.63) is 18.1 Å². The van der Waals surface area contributed by atoms with Crippen molar-refractivity contribution in [2.75, 3.05) is 17.2 Å². The van der Waals surface area contributed by atoms with Crippen molar-refractivity contribution < 1.29 is 13.2 Å². The molecule has 0 aliphatic rings. The molecule has 0 aromatic carbocycles. The van der Waals surface area contributed by atoms with E-state index in [0.717, 1.165) is 12.4 Å². The van der Waals surface area contributed by atoms with Crippen LogP contribution in [-0.4, -0.2) is 21.8 Å². The first-order valence-electron chi connectivity index (χ1n) is 3.73. The van der Waals surface area contributed by atoms with Gasteiger partial charge in [0.05, 0.1) is 0 Å². The van der Waals surface area contributed by atoms with E-state index in [1.165, 1.54) is 0 Å². The number of hydrogen-bond acceptors (Lipinski definition) is 3. The smallest absolute Gasteiger partial charge is 0.369 e. The van der Waals surface area contributed by atoms with Crippen LogP contribution in [0.4, 0.5) is 19.0 Å². The van der Waals surface area contributed by atoms with Gasteiger partial charge in [-0.3, -0.25) is 0 Å². The number of rotatable bonds is 3. The van der Waals surface area contributed by atoms with Gasteiger partial charge in [0.15, 0.2) is 0 Å². The van der Waals surface area contributed by atoms with Gasteiger partial charge in [-0.1, -0.05) is 15.9 Å². The van der Waals surface area contributed by atoms with Crippen molar-refractivity contribution >= 4 is 21.7 Å². The molecule has 0 aliphatic carbocycles. The SMILES string of the molecule is FC(F)(F)c1cc(NCCBr)ncn1. The Balaban J connectivity index is 2.79. The maximum atomic E-state index is 12.2. The zero-order valence-corrected chi connectivity index (χ0v) is 8.56. The van der Waals surface area contributed by atoms with Gasteiger partial charge in [-0.05, 0) is 0 Å². The number of aromatic nitrogens is 2. The first kappa shape index (κ1) is 11.2. The molecule has 0 bridgehead atoms. The Kier molecular flexibility index (Phi) is 3.68. The van der Waals surface area contributed by atoms with Crippen LogP contribution in [0, 0.1) is 0 Å². The summed E-state index contributed by atoms with van der Waals surface area (Å²) in [7, 11) is 0. The summed E-state index contributed by atoms with van der Waals surface area (Å²) in [5.74, 6) is 0.173. The largest absolute Gasteiger partial charge is 0.433 e. The molecule has 1 aromatic heterocycles. The van der Waals surface area contributed by atoms with Crippen LogP contribution in [0.25, 0.3) is 0 Å². The molecule has 1 rings (SSSR count). The molecule has 78 valence electrons. The minimum atomic E-state index is -4.42. The van der Waals surface area contributed by atoms with Crippen molar-refractivity contribution in [2.45, 2.75) is 6.18 Å². The lowest BCUT2D eigenvalue weighted by molar-refractivity contribution is -0.141. The summed E-state index contributed by atoms with van der Waals surface area (Å²) < 4.78 is 36.5. The second-order valence-corrected chi connectivity index (χ2v) is 3.20. The summed E-state index contributed by atoms with van der Waals surface area (Å²) in [6.07, 6.45) is -3.53. The molecule has 7 heteroatoms. The highest BCUT2D eigenvalue weighted by Gasteiger charge is 2.32. The standard InChI is InChI=1S/C7H7BrF3N3/c8-1-2-12-6-3-5(7(9,10)11)13-4-14-6/h3-4H,1-2H2,(H,12,13,14). The van der Waals surface area contributed by atoms with Crippen molar-refractivity contribution in [2.24, 2.45) is 0 Å². The van der Waals surface area contributed by atoms with Crippen molar-refractivity contribution in [3.63, 3.8) is 0 Å². The Morgan fingerprint density at radius 3 is 2.64 bits per heavy atom. The van der Waals surface area contributed by atoms with Gasteiger partial charge in [-0.15, -0.1) is 0 Å². The third-order valence-electron chi connectivity index (χ3n) is 1.36. The topological polar surface area (TPSA) is 37.8 Å². The second-order valence-electron chi connectivity index (χ2n) is 2.40. The lowest BCUT2D eigenvalue weighted by atomic mass is 10.4. The van der Waals surface area contributed by atoms with Crippen LogP contribution >= 0.6 is 15.9 Å². The molecule has 0 aliphatic heterocycles. The molecule has 0 unspecified atom stereocenters. The van der Waals surface area contributed by atoms with Gasteiger partial charge in [0.1, 0.15) is 17.8 Å². The van der Waals surface area contributed by atoms with E-state index in [1.54, 1.807) is 0 Å². The van der Waals surface area contributed by atoms with Crippen LogP contribution in [0.3, 0.4) is 0 Å². The molecular formula is C7H7BrF3N3. The van der Waals surface area contributed by atoms with E-state index in [-0.39, 0.29) is 5.82 Å². The molecule has 14 heavy (non-hydrogen) atoms. The van der Waals surface area contributed by atoms with E-state index in [0.29, 0.717) is 11.9 Å². The highest BCUT2D eigenvalue weighted by Crippen LogP contribution is 2.27. The van der Waals surface area contributed by atoms with Gasteiger partial charge in [0.2, 0.25) is 0 Å². The lowest BCUT2D eigenvalue weighted by Crippen LogP contribution is -2.11. The quantitative estimate of drug-likeness (QED) is 0.856. The third-order valence-corrected chi connectivity index (χ3v) is 1.75. The number of anilines is 1. The number of hydrogen-bond donors (Lipinski definition) is 1. The molecule has 1 N–H and O–H groups in total. The molecule has 3 nitrogen and oxygen atoms in total. The second kappa shape index (κ2) is 4.59. The monoisotopic (exact) mass is 269 g/mol. The summed E-state index contributed by atoms with van der Waals surface area (Å²) >= 11 is 3.14. The van der Waals surface area contributed by atoms with Crippen LogP contribution in [-0.2, 0) is 6.18 Å². The fourth-order valence-corrected chi connectivity index (χ4v) is 0.983. The Labute approximate surface area is 86.9 Å². The van der Waals surface area contributed by atoms with E-state index in [4.69, 9.17) is 0 Å². The van der Waals surface area contributed by atoms with Gasteiger partial charge in [0.25, 0.3) is 0 Å². The Morgan fingerprint density at radius 2 is 2.07 bits per heavy atom. The van der Waals surface area contributed by atoms with Crippen LogP contribution in [0.15, 0.2) is 12.4 Å². The normalized spacial score (nSPS) is 11.4. The molecule has 0 amide bonds. The number of nitrogens with zero attached hydrogens (tertiary/aromatic N) is 2. The van der Waals surface area contributed by atoms with Crippen LogP contribution in [0.2, 0.25) is 0 Å². The fraction of sp³-hybridized carbons (Fsp3) is 0.429. The predicted octanol–water partition coefficient (Wildman–Crippen LogP) is 2.30. The van der Waals surface area contributed by atoms with Gasteiger partial charge in [0, 0.05) is 17.9 Å². The van der Waals surface area contributed by atoms with Crippen LogP contribution in [0.5, 0.6) is 0 Å². The minimum Gasteiger partial charge on any atom is -0.369 e.